The van der Waals surface area contributed by atoms with Gasteiger partial charge in [-0.1, -0.05) is 0 Å². The Morgan fingerprint density at radius 1 is 1.15 bits per heavy atom. The molecule has 2 bridgehead atoms. The van der Waals surface area contributed by atoms with Crippen molar-refractivity contribution in [3.05, 3.63) is 28.9 Å². The molecule has 0 aromatic carbocycles. The van der Waals surface area contributed by atoms with Crippen molar-refractivity contribution in [3.63, 3.8) is 0 Å². The molecule has 4 saturated heterocycles. The van der Waals surface area contributed by atoms with Crippen LogP contribution in [0.3, 0.4) is 0 Å². The minimum absolute atomic E-state index is 0.0933. The van der Waals surface area contributed by atoms with Gasteiger partial charge in [-0.2, -0.15) is 0 Å². The highest BCUT2D eigenvalue weighted by molar-refractivity contribution is 7.20. The predicted octanol–water partition coefficient (Wildman–Crippen LogP) is 1.97. The van der Waals surface area contributed by atoms with Crippen LogP contribution in [0.15, 0.2) is 18.3 Å². The van der Waals surface area contributed by atoms with E-state index in [0.717, 1.165) is 54.1 Å². The second-order valence-corrected chi connectivity index (χ2v) is 8.67. The van der Waals surface area contributed by atoms with Crippen molar-refractivity contribution in [3.8, 4) is 0 Å². The molecule has 7 heteroatoms. The molecule has 6 rings (SSSR count). The molecule has 2 amide bonds. The molecule has 6 nitrogen and oxygen atoms in total. The summed E-state index contributed by atoms with van der Waals surface area (Å²) in [6.45, 7) is 4.96. The lowest BCUT2D eigenvalue weighted by Gasteiger charge is -2.44. The first-order valence-electron chi connectivity index (χ1n) is 9.39. The van der Waals surface area contributed by atoms with Gasteiger partial charge in [-0.25, -0.2) is 0 Å². The van der Waals surface area contributed by atoms with Gasteiger partial charge < -0.3 is 15.1 Å². The van der Waals surface area contributed by atoms with Crippen LogP contribution < -0.4 is 5.32 Å². The van der Waals surface area contributed by atoms with Crippen molar-refractivity contribution in [1.29, 1.82) is 0 Å². The second kappa shape index (κ2) is 6.32. The highest BCUT2D eigenvalue weighted by Crippen LogP contribution is 2.29. The lowest BCUT2D eigenvalue weighted by atomic mass is 9.84. The molecule has 1 atom stereocenters. The van der Waals surface area contributed by atoms with Crippen LogP contribution in [0.1, 0.15) is 39.4 Å². The standard InChI is InChI=1S/C19H22N4O2S/c24-18(21-15-11-22-6-2-12(15)3-7-22)14-9-16-13(10-20-14)8-17(26-16)19(25)23-4-1-5-23/h8-10,12,15H,1-7,11H2,(H,21,24). The van der Waals surface area contributed by atoms with Gasteiger partial charge in [-0.05, 0) is 50.4 Å². The van der Waals surface area contributed by atoms with Crippen LogP contribution in [0.25, 0.3) is 10.1 Å². The fourth-order valence-corrected chi connectivity index (χ4v) is 5.25. The monoisotopic (exact) mass is 370 g/mol. The lowest BCUT2D eigenvalue weighted by Crippen LogP contribution is -2.57. The Kier molecular flexibility index (Phi) is 3.94. The Bertz CT molecular complexity index is 868. The molecule has 1 unspecified atom stereocenters. The maximum absolute atomic E-state index is 12.7. The Labute approximate surface area is 156 Å². The fourth-order valence-electron chi connectivity index (χ4n) is 4.21. The first kappa shape index (κ1) is 16.2. The van der Waals surface area contributed by atoms with Crippen LogP contribution in [0.4, 0.5) is 0 Å². The van der Waals surface area contributed by atoms with Crippen molar-refractivity contribution < 1.29 is 9.59 Å². The summed E-state index contributed by atoms with van der Waals surface area (Å²) >= 11 is 1.45. The van der Waals surface area contributed by atoms with Crippen molar-refractivity contribution in [2.24, 2.45) is 5.92 Å². The molecule has 1 N–H and O–H groups in total. The number of thiophene rings is 1. The number of amides is 2. The number of rotatable bonds is 3. The Morgan fingerprint density at radius 3 is 2.62 bits per heavy atom. The van der Waals surface area contributed by atoms with Gasteiger partial charge >= 0.3 is 0 Å². The van der Waals surface area contributed by atoms with Crippen molar-refractivity contribution >= 4 is 33.2 Å². The predicted molar refractivity (Wildman–Crippen MR) is 101 cm³/mol. The summed E-state index contributed by atoms with van der Waals surface area (Å²) < 4.78 is 0.947. The van der Waals surface area contributed by atoms with Crippen LogP contribution in [-0.4, -0.2) is 65.4 Å². The highest BCUT2D eigenvalue weighted by atomic mass is 32.1. The van der Waals surface area contributed by atoms with Crippen LogP contribution in [-0.2, 0) is 0 Å². The molecule has 0 radical (unpaired) electrons. The number of hydrogen-bond acceptors (Lipinski definition) is 5. The molecule has 4 aliphatic heterocycles. The van der Waals surface area contributed by atoms with E-state index in [0.29, 0.717) is 11.6 Å². The molecule has 6 heterocycles. The summed E-state index contributed by atoms with van der Waals surface area (Å²) in [4.78, 5) is 34.4. The van der Waals surface area contributed by atoms with Gasteiger partial charge in [0.25, 0.3) is 11.8 Å². The molecule has 26 heavy (non-hydrogen) atoms. The maximum Gasteiger partial charge on any atom is 0.270 e. The molecule has 0 saturated carbocycles. The third-order valence-electron chi connectivity index (χ3n) is 5.96. The van der Waals surface area contributed by atoms with Crippen LogP contribution in [0.2, 0.25) is 0 Å². The number of pyridine rings is 1. The first-order valence-corrected chi connectivity index (χ1v) is 10.2. The quantitative estimate of drug-likeness (QED) is 0.897. The minimum atomic E-state index is -0.102. The number of fused-ring (bicyclic) bond motifs is 4. The largest absolute Gasteiger partial charge is 0.346 e. The normalized spacial score (nSPS) is 27.4. The Hall–Kier alpha value is -1.99. The van der Waals surface area contributed by atoms with E-state index in [-0.39, 0.29) is 17.9 Å². The highest BCUT2D eigenvalue weighted by Gasteiger charge is 2.35. The number of aromatic nitrogens is 1. The maximum atomic E-state index is 12.7. The average Bonchev–Trinajstić information content (AvgIpc) is 3.04. The number of likely N-dealkylation sites (tertiary alicyclic amines) is 1. The Morgan fingerprint density at radius 2 is 1.96 bits per heavy atom. The molecular formula is C19H22N4O2S. The number of hydrogen-bond donors (Lipinski definition) is 1. The molecule has 2 aromatic rings. The number of nitrogens with zero attached hydrogens (tertiary/aromatic N) is 3. The molecular weight excluding hydrogens is 348 g/mol. The van der Waals surface area contributed by atoms with Gasteiger partial charge in [0, 0.05) is 42.0 Å². The average molecular weight is 370 g/mol. The van der Waals surface area contributed by atoms with E-state index >= 15 is 0 Å². The van der Waals surface area contributed by atoms with Crippen LogP contribution in [0.5, 0.6) is 0 Å². The zero-order valence-electron chi connectivity index (χ0n) is 14.6. The van der Waals surface area contributed by atoms with E-state index in [4.69, 9.17) is 0 Å². The molecule has 0 spiro atoms. The van der Waals surface area contributed by atoms with Gasteiger partial charge in [0.05, 0.1) is 4.88 Å². The number of carbonyl (C=O) groups excluding carboxylic acids is 2. The lowest BCUT2D eigenvalue weighted by molar-refractivity contribution is 0.0617. The zero-order valence-corrected chi connectivity index (χ0v) is 15.4. The van der Waals surface area contributed by atoms with E-state index in [1.807, 2.05) is 17.0 Å². The van der Waals surface area contributed by atoms with E-state index in [2.05, 4.69) is 15.2 Å². The topological polar surface area (TPSA) is 65.5 Å². The van der Waals surface area contributed by atoms with Crippen molar-refractivity contribution in [2.75, 3.05) is 32.7 Å². The van der Waals surface area contributed by atoms with Gasteiger partial charge in [0.15, 0.2) is 0 Å². The fraction of sp³-hybridized carbons (Fsp3) is 0.526. The zero-order chi connectivity index (χ0) is 17.7. The van der Waals surface area contributed by atoms with Crippen molar-refractivity contribution in [2.45, 2.75) is 25.3 Å². The van der Waals surface area contributed by atoms with Crippen molar-refractivity contribution in [1.82, 2.24) is 20.1 Å². The summed E-state index contributed by atoms with van der Waals surface area (Å²) in [6, 6.07) is 3.95. The van der Waals surface area contributed by atoms with Crippen LogP contribution >= 0.6 is 11.3 Å². The first-order chi connectivity index (χ1) is 12.7. The van der Waals surface area contributed by atoms with Gasteiger partial charge in [0.2, 0.25) is 0 Å². The second-order valence-electron chi connectivity index (χ2n) is 7.58. The van der Waals surface area contributed by atoms with Crippen LogP contribution in [0, 0.1) is 5.92 Å². The van der Waals surface area contributed by atoms with Gasteiger partial charge in [-0.15, -0.1) is 11.3 Å². The molecule has 4 fully saturated rings. The Balaban J connectivity index is 1.33. The molecule has 2 aromatic heterocycles. The smallest absolute Gasteiger partial charge is 0.270 e. The summed E-state index contributed by atoms with van der Waals surface area (Å²) in [5.41, 5.74) is 0.443. The summed E-state index contributed by atoms with van der Waals surface area (Å²) in [5, 5.41) is 4.11. The SMILES string of the molecule is O=C(NC1CN2CCC1CC2)c1cc2sc(C(=O)N3CCC3)cc2cn1. The van der Waals surface area contributed by atoms with E-state index in [1.54, 1.807) is 6.20 Å². The number of carbonyl (C=O) groups is 2. The van der Waals surface area contributed by atoms with E-state index < -0.39 is 0 Å². The van der Waals surface area contributed by atoms with E-state index in [9.17, 15) is 9.59 Å². The van der Waals surface area contributed by atoms with Gasteiger partial charge in [0.1, 0.15) is 5.69 Å². The third kappa shape index (κ3) is 2.79. The van der Waals surface area contributed by atoms with E-state index in [1.165, 1.54) is 24.2 Å². The third-order valence-corrected chi connectivity index (χ3v) is 7.05. The number of nitrogens with one attached hydrogen (secondary N) is 1. The molecule has 136 valence electrons. The van der Waals surface area contributed by atoms with Gasteiger partial charge in [-0.3, -0.25) is 14.6 Å². The molecule has 4 aliphatic rings. The summed E-state index contributed by atoms with van der Waals surface area (Å²) in [7, 11) is 0. The molecule has 0 aliphatic carbocycles. The minimum Gasteiger partial charge on any atom is -0.346 e. The number of piperidine rings is 3. The summed E-state index contributed by atoms with van der Waals surface area (Å²) in [5.74, 6) is 0.584. The summed E-state index contributed by atoms with van der Waals surface area (Å²) in [6.07, 6.45) is 5.14.